The Morgan fingerprint density at radius 1 is 1.10 bits per heavy atom. The summed E-state index contributed by atoms with van der Waals surface area (Å²) in [5.74, 6) is 1.57. The molecule has 0 aliphatic carbocycles. The molecule has 0 radical (unpaired) electrons. The molecule has 1 aliphatic heterocycles. The van der Waals surface area contributed by atoms with Crippen LogP contribution in [-0.4, -0.2) is 39.3 Å². The first-order valence-corrected chi connectivity index (χ1v) is 10.4. The van der Waals surface area contributed by atoms with Gasteiger partial charge in [-0.1, -0.05) is 30.3 Å². The highest BCUT2D eigenvalue weighted by Gasteiger charge is 2.21. The predicted octanol–water partition coefficient (Wildman–Crippen LogP) is 3.86. The molecule has 0 saturated carbocycles. The number of H-pyrrole nitrogens is 1. The fourth-order valence-electron chi connectivity index (χ4n) is 3.92. The summed E-state index contributed by atoms with van der Waals surface area (Å²) in [4.78, 5) is 11.6. The van der Waals surface area contributed by atoms with Crippen LogP contribution in [0.1, 0.15) is 18.4 Å². The minimum absolute atomic E-state index is 0.433. The lowest BCUT2D eigenvalue weighted by Crippen LogP contribution is -2.46. The fraction of sp³-hybridized carbons (Fsp3) is 0.261. The number of aromatic amines is 1. The highest BCUT2D eigenvalue weighted by Crippen LogP contribution is 2.22. The van der Waals surface area contributed by atoms with Gasteiger partial charge in [0.05, 0.1) is 11.7 Å². The molecule has 2 aromatic carbocycles. The van der Waals surface area contributed by atoms with Crippen molar-refractivity contribution >= 4 is 28.4 Å². The molecule has 0 bridgehead atoms. The Bertz CT molecular complexity index is 1110. The van der Waals surface area contributed by atoms with Gasteiger partial charge in [0.25, 0.3) is 0 Å². The number of fused-ring (bicyclic) bond motifs is 1. The van der Waals surface area contributed by atoms with Crippen LogP contribution in [0.2, 0.25) is 0 Å². The maximum absolute atomic E-state index is 4.76. The first-order chi connectivity index (χ1) is 14.8. The molecule has 1 unspecified atom stereocenters. The zero-order valence-electron chi connectivity index (χ0n) is 16.8. The van der Waals surface area contributed by atoms with Crippen molar-refractivity contribution in [3.8, 4) is 0 Å². The van der Waals surface area contributed by atoms with Crippen LogP contribution >= 0.6 is 0 Å². The van der Waals surface area contributed by atoms with Crippen LogP contribution in [0.4, 0.5) is 17.5 Å². The normalized spacial score (nSPS) is 16.7. The number of hydrogen-bond acceptors (Lipinski definition) is 6. The number of hydrogen-bond donors (Lipinski definition) is 3. The summed E-state index contributed by atoms with van der Waals surface area (Å²) in [6, 6.07) is 19.0. The van der Waals surface area contributed by atoms with Crippen molar-refractivity contribution in [3.05, 3.63) is 72.6 Å². The summed E-state index contributed by atoms with van der Waals surface area (Å²) in [6.45, 7) is 2.78. The quantitative estimate of drug-likeness (QED) is 0.457. The predicted molar refractivity (Wildman–Crippen MR) is 120 cm³/mol. The molecule has 4 aromatic rings. The number of aromatic nitrogens is 4. The summed E-state index contributed by atoms with van der Waals surface area (Å²) < 4.78 is 0. The van der Waals surface area contributed by atoms with Gasteiger partial charge in [-0.25, -0.2) is 4.98 Å². The van der Waals surface area contributed by atoms with E-state index in [1.165, 1.54) is 12.0 Å². The van der Waals surface area contributed by atoms with E-state index in [9.17, 15) is 0 Å². The summed E-state index contributed by atoms with van der Waals surface area (Å²) in [7, 11) is 0. The third-order valence-corrected chi connectivity index (χ3v) is 5.50. The van der Waals surface area contributed by atoms with Gasteiger partial charge in [-0.3, -0.25) is 5.10 Å². The molecule has 0 spiro atoms. The lowest BCUT2D eigenvalue weighted by atomic mass is 10.1. The molecule has 7 nitrogen and oxygen atoms in total. The second-order valence-electron chi connectivity index (χ2n) is 7.69. The van der Waals surface area contributed by atoms with Crippen molar-refractivity contribution in [2.24, 2.45) is 0 Å². The molecule has 1 saturated heterocycles. The second kappa shape index (κ2) is 8.51. The Kier molecular flexibility index (Phi) is 5.26. The number of benzene rings is 2. The van der Waals surface area contributed by atoms with Gasteiger partial charge in [0.15, 0.2) is 0 Å². The molecule has 5 rings (SSSR count). The first-order valence-electron chi connectivity index (χ1n) is 10.4. The van der Waals surface area contributed by atoms with Gasteiger partial charge >= 0.3 is 0 Å². The molecule has 1 fully saturated rings. The molecular formula is C23H25N7. The van der Waals surface area contributed by atoms with Crippen molar-refractivity contribution in [1.82, 2.24) is 25.5 Å². The van der Waals surface area contributed by atoms with Crippen LogP contribution in [0.3, 0.4) is 0 Å². The molecule has 3 heterocycles. The molecule has 3 N–H and O–H groups in total. The third kappa shape index (κ3) is 4.26. The van der Waals surface area contributed by atoms with Gasteiger partial charge in [0, 0.05) is 42.9 Å². The van der Waals surface area contributed by atoms with E-state index in [4.69, 9.17) is 4.98 Å². The highest BCUT2D eigenvalue weighted by molar-refractivity contribution is 5.82. The molecule has 1 aliphatic rings. The SMILES string of the molecule is c1ccc(CNC2CCCN(c3nccc(Nc4ccc5[nH]ncc5c4)n3)C2)cc1. The highest BCUT2D eigenvalue weighted by atomic mass is 15.3. The lowest BCUT2D eigenvalue weighted by molar-refractivity contribution is 0.418. The Morgan fingerprint density at radius 2 is 2.03 bits per heavy atom. The maximum atomic E-state index is 4.76. The Hall–Kier alpha value is -3.45. The summed E-state index contributed by atoms with van der Waals surface area (Å²) in [5.41, 5.74) is 3.31. The van der Waals surface area contributed by atoms with E-state index in [1.807, 2.05) is 30.6 Å². The van der Waals surface area contributed by atoms with E-state index in [-0.39, 0.29) is 0 Å². The zero-order chi connectivity index (χ0) is 20.2. The van der Waals surface area contributed by atoms with E-state index >= 15 is 0 Å². The van der Waals surface area contributed by atoms with Gasteiger partial charge in [-0.2, -0.15) is 10.1 Å². The van der Waals surface area contributed by atoms with E-state index < -0.39 is 0 Å². The number of piperidine rings is 1. The van der Waals surface area contributed by atoms with E-state index in [0.29, 0.717) is 6.04 Å². The summed E-state index contributed by atoms with van der Waals surface area (Å²) in [5, 5.41) is 15.2. The van der Waals surface area contributed by atoms with E-state index in [0.717, 1.165) is 54.4 Å². The van der Waals surface area contributed by atoms with Crippen molar-refractivity contribution < 1.29 is 0 Å². The topological polar surface area (TPSA) is 81.8 Å². The van der Waals surface area contributed by atoms with Gasteiger partial charge in [-0.15, -0.1) is 0 Å². The van der Waals surface area contributed by atoms with E-state index in [1.54, 1.807) is 0 Å². The Balaban J connectivity index is 1.24. The summed E-state index contributed by atoms with van der Waals surface area (Å²) >= 11 is 0. The average Bonchev–Trinajstić information content (AvgIpc) is 3.27. The van der Waals surface area contributed by atoms with Crippen LogP contribution in [0.25, 0.3) is 10.9 Å². The number of anilines is 3. The standard InChI is InChI=1S/C23H25N7/c1-2-5-17(6-3-1)14-25-20-7-4-12-30(16-20)23-24-11-10-22(28-23)27-19-8-9-21-18(13-19)15-26-29-21/h1-3,5-6,8-11,13,15,20,25H,4,7,12,14,16H2,(H,26,29)(H,24,27,28). The van der Waals surface area contributed by atoms with Crippen molar-refractivity contribution in [2.75, 3.05) is 23.3 Å². The van der Waals surface area contributed by atoms with Crippen molar-refractivity contribution in [1.29, 1.82) is 0 Å². The molecule has 1 atom stereocenters. The van der Waals surface area contributed by atoms with Crippen molar-refractivity contribution in [3.63, 3.8) is 0 Å². The van der Waals surface area contributed by atoms with Crippen LogP contribution in [0, 0.1) is 0 Å². The third-order valence-electron chi connectivity index (χ3n) is 5.50. The second-order valence-corrected chi connectivity index (χ2v) is 7.69. The Labute approximate surface area is 175 Å². The minimum Gasteiger partial charge on any atom is -0.340 e. The number of nitrogens with one attached hydrogen (secondary N) is 3. The summed E-state index contributed by atoms with van der Waals surface area (Å²) in [6.07, 6.45) is 5.95. The fourth-order valence-corrected chi connectivity index (χ4v) is 3.92. The number of nitrogens with zero attached hydrogens (tertiary/aromatic N) is 4. The van der Waals surface area contributed by atoms with Crippen molar-refractivity contribution in [2.45, 2.75) is 25.4 Å². The number of rotatable bonds is 6. The molecule has 0 amide bonds. The molecule has 2 aromatic heterocycles. The first kappa shape index (κ1) is 18.6. The lowest BCUT2D eigenvalue weighted by Gasteiger charge is -2.33. The van der Waals surface area contributed by atoms with E-state index in [2.05, 4.69) is 67.1 Å². The van der Waals surface area contributed by atoms with Gasteiger partial charge in [-0.05, 0) is 42.7 Å². The smallest absolute Gasteiger partial charge is 0.227 e. The van der Waals surface area contributed by atoms with Crippen LogP contribution in [0.15, 0.2) is 67.0 Å². The average molecular weight is 400 g/mol. The molecule has 152 valence electrons. The molecule has 30 heavy (non-hydrogen) atoms. The van der Waals surface area contributed by atoms with Gasteiger partial charge in [0.1, 0.15) is 5.82 Å². The minimum atomic E-state index is 0.433. The zero-order valence-corrected chi connectivity index (χ0v) is 16.8. The Morgan fingerprint density at radius 3 is 2.97 bits per heavy atom. The maximum Gasteiger partial charge on any atom is 0.227 e. The van der Waals surface area contributed by atoms with Crippen LogP contribution < -0.4 is 15.5 Å². The van der Waals surface area contributed by atoms with Crippen LogP contribution in [-0.2, 0) is 6.54 Å². The molecule has 7 heteroatoms. The monoisotopic (exact) mass is 399 g/mol. The largest absolute Gasteiger partial charge is 0.340 e. The van der Waals surface area contributed by atoms with Gasteiger partial charge in [0.2, 0.25) is 5.95 Å². The molecular weight excluding hydrogens is 374 g/mol. The van der Waals surface area contributed by atoms with Gasteiger partial charge < -0.3 is 15.5 Å². The van der Waals surface area contributed by atoms with Crippen LogP contribution in [0.5, 0.6) is 0 Å².